The van der Waals surface area contributed by atoms with Crippen molar-refractivity contribution in [2.24, 2.45) is 11.1 Å². The Balaban J connectivity index is 1.57. The first kappa shape index (κ1) is 20.0. The number of carbonyl (C=O) groups excluding carboxylic acids is 2. The molecule has 28 heavy (non-hydrogen) atoms. The highest BCUT2D eigenvalue weighted by atomic mass is 16.2. The molecular formula is C22H28N4O2. The van der Waals surface area contributed by atoms with Crippen molar-refractivity contribution in [2.45, 2.75) is 45.1 Å². The molecule has 0 atom stereocenters. The van der Waals surface area contributed by atoms with Crippen molar-refractivity contribution in [2.75, 3.05) is 11.9 Å². The molecule has 1 fully saturated rings. The van der Waals surface area contributed by atoms with Crippen molar-refractivity contribution in [3.05, 3.63) is 59.9 Å². The zero-order valence-electron chi connectivity index (χ0n) is 16.1. The number of amides is 2. The second kappa shape index (κ2) is 9.46. The second-order valence-corrected chi connectivity index (χ2v) is 7.57. The van der Waals surface area contributed by atoms with Crippen molar-refractivity contribution in [3.8, 4) is 0 Å². The predicted molar refractivity (Wildman–Crippen MR) is 110 cm³/mol. The molecule has 1 heterocycles. The van der Waals surface area contributed by atoms with Gasteiger partial charge >= 0.3 is 0 Å². The largest absolute Gasteiger partial charge is 0.346 e. The lowest BCUT2D eigenvalue weighted by Crippen LogP contribution is -2.36. The molecule has 1 aliphatic rings. The lowest BCUT2D eigenvalue weighted by atomic mass is 9.71. The first-order chi connectivity index (χ1) is 13.6. The predicted octanol–water partition coefficient (Wildman–Crippen LogP) is 3.25. The van der Waals surface area contributed by atoms with Crippen LogP contribution < -0.4 is 16.4 Å². The highest BCUT2D eigenvalue weighted by Gasteiger charge is 2.32. The summed E-state index contributed by atoms with van der Waals surface area (Å²) in [6.07, 6.45) is 7.63. The summed E-state index contributed by atoms with van der Waals surface area (Å²) in [4.78, 5) is 29.2. The minimum atomic E-state index is -0.201. The summed E-state index contributed by atoms with van der Waals surface area (Å²) in [5, 5.41) is 5.78. The second-order valence-electron chi connectivity index (χ2n) is 7.57. The van der Waals surface area contributed by atoms with Gasteiger partial charge in [-0.2, -0.15) is 0 Å². The van der Waals surface area contributed by atoms with Gasteiger partial charge in [0.25, 0.3) is 5.91 Å². The first-order valence-corrected chi connectivity index (χ1v) is 9.88. The molecule has 3 rings (SSSR count). The zero-order chi connectivity index (χ0) is 19.8. The van der Waals surface area contributed by atoms with E-state index in [1.807, 2.05) is 18.2 Å². The van der Waals surface area contributed by atoms with Gasteiger partial charge in [0.1, 0.15) is 0 Å². The molecule has 1 aromatic heterocycles. The molecule has 1 aliphatic carbocycles. The van der Waals surface area contributed by atoms with Crippen molar-refractivity contribution in [3.63, 3.8) is 0 Å². The molecule has 0 aliphatic heterocycles. The van der Waals surface area contributed by atoms with Gasteiger partial charge in [0, 0.05) is 23.9 Å². The summed E-state index contributed by atoms with van der Waals surface area (Å²) in [6, 6.07) is 12.6. The van der Waals surface area contributed by atoms with Crippen LogP contribution in [0.5, 0.6) is 0 Å². The van der Waals surface area contributed by atoms with Crippen LogP contribution in [0.15, 0.2) is 48.7 Å². The number of hydrogen-bond acceptors (Lipinski definition) is 4. The Morgan fingerprint density at radius 1 is 1.07 bits per heavy atom. The Kier molecular flexibility index (Phi) is 6.76. The number of anilines is 1. The third kappa shape index (κ3) is 5.39. The lowest BCUT2D eigenvalue weighted by molar-refractivity contribution is -0.118. The van der Waals surface area contributed by atoms with Crippen molar-refractivity contribution >= 4 is 17.5 Å². The Morgan fingerprint density at radius 2 is 1.89 bits per heavy atom. The molecule has 1 aromatic carbocycles. The van der Waals surface area contributed by atoms with E-state index in [4.69, 9.17) is 5.73 Å². The van der Waals surface area contributed by atoms with Crippen LogP contribution in [0.1, 0.15) is 54.6 Å². The van der Waals surface area contributed by atoms with Crippen LogP contribution >= 0.6 is 0 Å². The number of nitrogens with zero attached hydrogens (tertiary/aromatic N) is 1. The summed E-state index contributed by atoms with van der Waals surface area (Å²) in [7, 11) is 0. The van der Waals surface area contributed by atoms with Gasteiger partial charge in [-0.15, -0.1) is 0 Å². The molecule has 1 saturated carbocycles. The smallest absolute Gasteiger partial charge is 0.251 e. The van der Waals surface area contributed by atoms with Crippen molar-refractivity contribution < 1.29 is 9.59 Å². The normalized spacial score (nSPS) is 15.6. The molecule has 0 spiro atoms. The third-order valence-corrected chi connectivity index (χ3v) is 5.45. The van der Waals surface area contributed by atoms with Crippen LogP contribution in [0.2, 0.25) is 0 Å². The van der Waals surface area contributed by atoms with Gasteiger partial charge in [0.05, 0.1) is 12.2 Å². The van der Waals surface area contributed by atoms with E-state index in [0.29, 0.717) is 30.8 Å². The van der Waals surface area contributed by atoms with E-state index in [2.05, 4.69) is 15.6 Å². The van der Waals surface area contributed by atoms with Gasteiger partial charge in [0.2, 0.25) is 5.91 Å². The summed E-state index contributed by atoms with van der Waals surface area (Å²) in [5.74, 6) is -0.245. The molecule has 148 valence electrons. The number of nitrogens with one attached hydrogen (secondary N) is 2. The van der Waals surface area contributed by atoms with E-state index in [1.54, 1.807) is 30.5 Å². The summed E-state index contributed by atoms with van der Waals surface area (Å²) in [5.41, 5.74) is 7.82. The van der Waals surface area contributed by atoms with Gasteiger partial charge in [-0.3, -0.25) is 14.6 Å². The fourth-order valence-electron chi connectivity index (χ4n) is 3.81. The molecule has 6 nitrogen and oxygen atoms in total. The molecule has 2 amide bonds. The minimum absolute atomic E-state index is 0.0432. The van der Waals surface area contributed by atoms with Gasteiger partial charge in [0.15, 0.2) is 0 Å². The van der Waals surface area contributed by atoms with Crippen LogP contribution in [-0.2, 0) is 11.3 Å². The molecule has 6 heteroatoms. The number of hydrogen-bond donors (Lipinski definition) is 3. The molecule has 0 bridgehead atoms. The number of rotatable bonds is 7. The lowest BCUT2D eigenvalue weighted by Gasteiger charge is -2.35. The highest BCUT2D eigenvalue weighted by molar-refractivity contribution is 5.97. The number of carbonyl (C=O) groups is 2. The molecular weight excluding hydrogens is 352 g/mol. The summed E-state index contributed by atoms with van der Waals surface area (Å²) >= 11 is 0. The Morgan fingerprint density at radius 3 is 2.61 bits per heavy atom. The van der Waals surface area contributed by atoms with E-state index in [0.717, 1.165) is 31.4 Å². The average Bonchev–Trinajstić information content (AvgIpc) is 2.73. The van der Waals surface area contributed by atoms with Crippen LogP contribution in [0.4, 0.5) is 5.69 Å². The van der Waals surface area contributed by atoms with Gasteiger partial charge in [-0.25, -0.2) is 0 Å². The Labute approximate surface area is 165 Å². The quantitative estimate of drug-likeness (QED) is 0.687. The number of pyridine rings is 1. The van der Waals surface area contributed by atoms with Crippen molar-refractivity contribution in [1.29, 1.82) is 0 Å². The van der Waals surface area contributed by atoms with E-state index in [1.165, 1.54) is 6.42 Å². The van der Waals surface area contributed by atoms with Gasteiger partial charge in [-0.05, 0) is 55.1 Å². The molecule has 4 N–H and O–H groups in total. The Hall–Kier alpha value is -2.73. The van der Waals surface area contributed by atoms with Crippen LogP contribution in [0.3, 0.4) is 0 Å². The maximum absolute atomic E-state index is 12.6. The zero-order valence-corrected chi connectivity index (χ0v) is 16.1. The SMILES string of the molecule is NCC1(CC(=O)Nc2cccc(C(=O)NCc3ccccn3)c2)CCCCC1. The molecule has 0 saturated heterocycles. The van der Waals surface area contributed by atoms with Gasteiger partial charge < -0.3 is 16.4 Å². The third-order valence-electron chi connectivity index (χ3n) is 5.45. The van der Waals surface area contributed by atoms with Crippen LogP contribution in [-0.4, -0.2) is 23.3 Å². The number of nitrogens with two attached hydrogens (primary N) is 1. The summed E-state index contributed by atoms with van der Waals surface area (Å²) in [6.45, 7) is 0.895. The standard InChI is InChI=1S/C22H28N4O2/c23-16-22(10-3-1-4-11-22)14-20(27)26-18-9-6-7-17(13-18)21(28)25-15-19-8-2-5-12-24-19/h2,5-9,12-13H,1,3-4,10-11,14-16,23H2,(H,25,28)(H,26,27). The monoisotopic (exact) mass is 380 g/mol. The van der Waals surface area contributed by atoms with Crippen LogP contribution in [0.25, 0.3) is 0 Å². The fourth-order valence-corrected chi connectivity index (χ4v) is 3.81. The van der Waals surface area contributed by atoms with E-state index < -0.39 is 0 Å². The van der Waals surface area contributed by atoms with Crippen molar-refractivity contribution in [1.82, 2.24) is 10.3 Å². The fraction of sp³-hybridized carbons (Fsp3) is 0.409. The Bertz CT molecular complexity index is 801. The van der Waals surface area contributed by atoms with E-state index in [9.17, 15) is 9.59 Å². The van der Waals surface area contributed by atoms with Gasteiger partial charge in [-0.1, -0.05) is 31.4 Å². The maximum Gasteiger partial charge on any atom is 0.251 e. The minimum Gasteiger partial charge on any atom is -0.346 e. The highest BCUT2D eigenvalue weighted by Crippen LogP contribution is 2.38. The molecule has 0 unspecified atom stereocenters. The van der Waals surface area contributed by atoms with E-state index >= 15 is 0 Å². The first-order valence-electron chi connectivity index (χ1n) is 9.88. The number of benzene rings is 1. The average molecular weight is 380 g/mol. The number of aromatic nitrogens is 1. The van der Waals surface area contributed by atoms with Crippen LogP contribution in [0, 0.1) is 5.41 Å². The summed E-state index contributed by atoms with van der Waals surface area (Å²) < 4.78 is 0. The molecule has 0 radical (unpaired) electrons. The maximum atomic E-state index is 12.6. The van der Waals surface area contributed by atoms with E-state index in [-0.39, 0.29) is 17.2 Å². The molecule has 2 aromatic rings. The topological polar surface area (TPSA) is 97.1 Å².